The molecule has 2 aromatic carbocycles. The molecule has 30 heavy (non-hydrogen) atoms. The summed E-state index contributed by atoms with van der Waals surface area (Å²) >= 11 is 6.35. The minimum absolute atomic E-state index is 0.0484. The lowest BCUT2D eigenvalue weighted by Gasteiger charge is -2.29. The molecule has 0 bridgehead atoms. The zero-order chi connectivity index (χ0) is 21.5. The van der Waals surface area contributed by atoms with Crippen LogP contribution in [-0.2, 0) is 15.1 Å². The highest BCUT2D eigenvalue weighted by Gasteiger charge is 2.60. The molecule has 3 unspecified atom stereocenters. The topological polar surface area (TPSA) is 79.5 Å². The van der Waals surface area contributed by atoms with Crippen LogP contribution in [0.3, 0.4) is 0 Å². The number of anilines is 2. The molecule has 0 aromatic heterocycles. The van der Waals surface area contributed by atoms with Crippen molar-refractivity contribution in [1.82, 2.24) is 5.32 Å². The van der Waals surface area contributed by atoms with E-state index in [2.05, 4.69) is 29.8 Å². The number of para-hydroxylation sites is 1. The maximum atomic E-state index is 13.4. The average molecular weight is 428 g/mol. The zero-order valence-electron chi connectivity index (χ0n) is 17.3. The molecular formula is C23H26ClN3O3. The normalized spacial score (nSPS) is 24.8. The van der Waals surface area contributed by atoms with Crippen LogP contribution in [0.25, 0.3) is 0 Å². The van der Waals surface area contributed by atoms with Gasteiger partial charge in [0.05, 0.1) is 23.7 Å². The fourth-order valence-corrected chi connectivity index (χ4v) is 4.90. The Morgan fingerprint density at radius 3 is 2.67 bits per heavy atom. The van der Waals surface area contributed by atoms with Gasteiger partial charge in [0.25, 0.3) is 0 Å². The van der Waals surface area contributed by atoms with Crippen LogP contribution < -0.4 is 20.7 Å². The van der Waals surface area contributed by atoms with Gasteiger partial charge in [-0.25, -0.2) is 0 Å². The highest BCUT2D eigenvalue weighted by atomic mass is 35.5. The summed E-state index contributed by atoms with van der Waals surface area (Å²) in [6, 6.07) is 12.6. The second-order valence-electron chi connectivity index (χ2n) is 8.40. The first-order valence-electron chi connectivity index (χ1n) is 10.2. The van der Waals surface area contributed by atoms with Gasteiger partial charge in [0, 0.05) is 17.3 Å². The number of hydrogen-bond donors (Lipinski definition) is 3. The van der Waals surface area contributed by atoms with Gasteiger partial charge in [0.1, 0.15) is 11.3 Å². The zero-order valence-corrected chi connectivity index (χ0v) is 18.0. The van der Waals surface area contributed by atoms with Crippen LogP contribution in [0.2, 0.25) is 5.02 Å². The van der Waals surface area contributed by atoms with Gasteiger partial charge in [0.15, 0.2) is 0 Å². The Kier molecular flexibility index (Phi) is 5.47. The lowest BCUT2D eigenvalue weighted by atomic mass is 9.79. The van der Waals surface area contributed by atoms with E-state index in [9.17, 15) is 9.59 Å². The lowest BCUT2D eigenvalue weighted by Crippen LogP contribution is -2.52. The van der Waals surface area contributed by atoms with Crippen molar-refractivity contribution >= 4 is 34.8 Å². The van der Waals surface area contributed by atoms with E-state index in [0.29, 0.717) is 34.5 Å². The Morgan fingerprint density at radius 1 is 1.27 bits per heavy atom. The monoisotopic (exact) mass is 427 g/mol. The van der Waals surface area contributed by atoms with E-state index in [1.807, 2.05) is 12.1 Å². The van der Waals surface area contributed by atoms with Crippen LogP contribution >= 0.6 is 11.6 Å². The lowest BCUT2D eigenvalue weighted by molar-refractivity contribution is -0.130. The number of carbonyl (C=O) groups is 2. The second kappa shape index (κ2) is 7.93. The van der Waals surface area contributed by atoms with Crippen LogP contribution in [0.5, 0.6) is 5.75 Å². The number of ether oxygens (including phenoxy) is 1. The molecular weight excluding hydrogens is 402 g/mol. The van der Waals surface area contributed by atoms with Gasteiger partial charge < -0.3 is 15.4 Å². The van der Waals surface area contributed by atoms with E-state index in [0.717, 1.165) is 12.0 Å². The third-order valence-electron chi connectivity index (χ3n) is 5.94. The number of nitrogens with one attached hydrogen (secondary N) is 3. The number of hydrogen-bond acceptors (Lipinski definition) is 4. The van der Waals surface area contributed by atoms with Crippen molar-refractivity contribution in [2.24, 2.45) is 11.8 Å². The van der Waals surface area contributed by atoms with Crippen LogP contribution in [0.15, 0.2) is 42.5 Å². The predicted molar refractivity (Wildman–Crippen MR) is 118 cm³/mol. The number of benzene rings is 2. The molecule has 3 N–H and O–H groups in total. The fraction of sp³-hybridized carbons (Fsp3) is 0.391. The molecule has 1 saturated heterocycles. The van der Waals surface area contributed by atoms with Gasteiger partial charge in [-0.3, -0.25) is 14.9 Å². The Bertz CT molecular complexity index is 976. The molecule has 0 radical (unpaired) electrons. The molecule has 6 nitrogen and oxygen atoms in total. The van der Waals surface area contributed by atoms with Gasteiger partial charge in [-0.05, 0) is 49.1 Å². The van der Waals surface area contributed by atoms with E-state index in [4.69, 9.17) is 16.3 Å². The van der Waals surface area contributed by atoms with E-state index < -0.39 is 11.5 Å². The summed E-state index contributed by atoms with van der Waals surface area (Å²) in [6.07, 6.45) is 1.44. The third-order valence-corrected chi connectivity index (χ3v) is 6.25. The first kappa shape index (κ1) is 20.7. The molecule has 1 spiro atoms. The molecule has 158 valence electrons. The van der Waals surface area contributed by atoms with Crippen molar-refractivity contribution in [3.8, 4) is 5.75 Å². The molecule has 3 atom stereocenters. The van der Waals surface area contributed by atoms with Crippen LogP contribution in [0.1, 0.15) is 32.3 Å². The van der Waals surface area contributed by atoms with Gasteiger partial charge in [-0.2, -0.15) is 0 Å². The molecule has 7 heteroatoms. The summed E-state index contributed by atoms with van der Waals surface area (Å²) in [5, 5.41) is 9.87. The number of halogens is 1. The van der Waals surface area contributed by atoms with Crippen molar-refractivity contribution in [2.75, 3.05) is 17.7 Å². The number of methoxy groups -OCH3 is 1. The Balaban J connectivity index is 1.70. The molecule has 2 amide bonds. The van der Waals surface area contributed by atoms with E-state index in [1.54, 1.807) is 37.4 Å². The number of fused-ring (bicyclic) bond motifs is 2. The van der Waals surface area contributed by atoms with Crippen LogP contribution in [0.4, 0.5) is 11.4 Å². The average Bonchev–Trinajstić information content (AvgIpc) is 3.22. The summed E-state index contributed by atoms with van der Waals surface area (Å²) < 4.78 is 5.18. The molecule has 2 heterocycles. The predicted octanol–water partition coefficient (Wildman–Crippen LogP) is 4.16. The smallest absolute Gasteiger partial charge is 0.250 e. The molecule has 2 aliphatic rings. The third kappa shape index (κ3) is 3.44. The van der Waals surface area contributed by atoms with Crippen LogP contribution in [-0.4, -0.2) is 25.0 Å². The van der Waals surface area contributed by atoms with E-state index in [-0.39, 0.29) is 17.9 Å². The maximum Gasteiger partial charge on any atom is 0.250 e. The molecule has 2 aliphatic heterocycles. The first-order valence-corrected chi connectivity index (χ1v) is 10.6. The molecule has 2 aromatic rings. The summed E-state index contributed by atoms with van der Waals surface area (Å²) in [4.78, 5) is 26.7. The highest BCUT2D eigenvalue weighted by Crippen LogP contribution is 2.49. The van der Waals surface area contributed by atoms with Crippen LogP contribution in [0, 0.1) is 11.8 Å². The molecule has 4 rings (SSSR count). The Morgan fingerprint density at radius 2 is 2.00 bits per heavy atom. The fourth-order valence-electron chi connectivity index (χ4n) is 4.68. The summed E-state index contributed by atoms with van der Waals surface area (Å²) in [5.41, 5.74) is 0.856. The minimum Gasteiger partial charge on any atom is -0.497 e. The number of carbonyl (C=O) groups excluding carboxylic acids is 2. The Labute approximate surface area is 181 Å². The standard InChI is InChI=1S/C23H26ClN3O3/c1-13(2)11-15-12-18(21(28)25-14-7-9-16(30-3)10-8-14)23(27-15)17-5-4-6-19(24)20(17)26-22(23)29/h4-10,13,15,18,27H,11-12H2,1-3H3,(H,25,28)(H,26,29). The summed E-state index contributed by atoms with van der Waals surface area (Å²) in [6.45, 7) is 4.28. The first-order chi connectivity index (χ1) is 14.3. The number of rotatable bonds is 5. The van der Waals surface area contributed by atoms with Crippen molar-refractivity contribution in [2.45, 2.75) is 38.3 Å². The van der Waals surface area contributed by atoms with Crippen molar-refractivity contribution in [3.05, 3.63) is 53.1 Å². The SMILES string of the molecule is COc1ccc(NC(=O)C2CC(CC(C)C)NC23C(=O)Nc2c(Cl)cccc23)cc1. The maximum absolute atomic E-state index is 13.4. The minimum atomic E-state index is -1.13. The summed E-state index contributed by atoms with van der Waals surface area (Å²) in [5.74, 6) is 0.158. The second-order valence-corrected chi connectivity index (χ2v) is 8.81. The van der Waals surface area contributed by atoms with Crippen molar-refractivity contribution in [3.63, 3.8) is 0 Å². The van der Waals surface area contributed by atoms with E-state index >= 15 is 0 Å². The largest absolute Gasteiger partial charge is 0.497 e. The quantitative estimate of drug-likeness (QED) is 0.669. The number of amides is 2. The van der Waals surface area contributed by atoms with Gasteiger partial charge in [0.2, 0.25) is 11.8 Å². The summed E-state index contributed by atoms with van der Waals surface area (Å²) in [7, 11) is 1.59. The Hall–Kier alpha value is -2.57. The molecule has 1 fully saturated rings. The molecule has 0 aliphatic carbocycles. The molecule has 0 saturated carbocycles. The van der Waals surface area contributed by atoms with Gasteiger partial charge in [-0.1, -0.05) is 37.6 Å². The van der Waals surface area contributed by atoms with E-state index in [1.165, 1.54) is 0 Å². The highest BCUT2D eigenvalue weighted by molar-refractivity contribution is 6.35. The van der Waals surface area contributed by atoms with Crippen molar-refractivity contribution in [1.29, 1.82) is 0 Å². The van der Waals surface area contributed by atoms with Crippen molar-refractivity contribution < 1.29 is 14.3 Å². The van der Waals surface area contributed by atoms with Gasteiger partial charge in [-0.15, -0.1) is 0 Å². The van der Waals surface area contributed by atoms with Gasteiger partial charge >= 0.3 is 0 Å².